The fraction of sp³-hybridized carbons (Fsp3) is 0.134. The van der Waals surface area contributed by atoms with Gasteiger partial charge in [-0.2, -0.15) is 0 Å². The highest BCUT2D eigenvalue weighted by Gasteiger charge is 2.46. The lowest BCUT2D eigenvalue weighted by Crippen LogP contribution is -2.61. The molecule has 0 spiro atoms. The van der Waals surface area contributed by atoms with Crippen molar-refractivity contribution in [2.75, 3.05) is 14.6 Å². The highest BCUT2D eigenvalue weighted by Crippen LogP contribution is 2.52. The van der Waals surface area contributed by atoms with E-state index in [1.807, 2.05) is 0 Å². The van der Waals surface area contributed by atoms with Crippen LogP contribution in [0.5, 0.6) is 0 Å². The second-order valence-electron chi connectivity index (χ2n) is 20.5. The summed E-state index contributed by atoms with van der Waals surface area (Å²) in [6, 6.07) is 84.1. The van der Waals surface area contributed by atoms with Crippen molar-refractivity contribution in [3.63, 3.8) is 0 Å². The molecule has 71 heavy (non-hydrogen) atoms. The Morgan fingerprint density at radius 1 is 0.493 bits per heavy atom. The summed E-state index contributed by atoms with van der Waals surface area (Å²) in [5.74, 6) is 0. The first kappa shape index (κ1) is 44.2. The predicted octanol–water partition coefficient (Wildman–Crippen LogP) is 17.3. The number of fused-ring (bicyclic) bond motifs is 6. The van der Waals surface area contributed by atoms with Gasteiger partial charge in [0, 0.05) is 56.4 Å². The van der Waals surface area contributed by atoms with Crippen molar-refractivity contribution in [1.82, 2.24) is 0 Å². The molecule has 0 saturated carbocycles. The molecule has 2 aliphatic heterocycles. The summed E-state index contributed by atoms with van der Waals surface area (Å²) in [5, 5.41) is 2.47. The van der Waals surface area contributed by atoms with Crippen LogP contribution in [0.4, 0.5) is 45.5 Å². The Morgan fingerprint density at radius 2 is 1.14 bits per heavy atom. The Morgan fingerprint density at radius 3 is 1.83 bits per heavy atom. The molecule has 0 aliphatic carbocycles. The van der Waals surface area contributed by atoms with Gasteiger partial charge in [-0.05, 0) is 159 Å². The van der Waals surface area contributed by atoms with Gasteiger partial charge in [0.15, 0.2) is 0 Å². The first-order valence-electron chi connectivity index (χ1n) is 25.4. The van der Waals surface area contributed by atoms with E-state index in [2.05, 4.69) is 274 Å². The zero-order chi connectivity index (χ0) is 48.2. The molecule has 10 aromatic carbocycles. The molecular weight excluding hydrogens is 858 g/mol. The number of nitrogens with zero attached hydrogens (tertiary/aromatic N) is 3. The first-order chi connectivity index (χ1) is 34.7. The minimum atomic E-state index is -0.157. The van der Waals surface area contributed by atoms with E-state index in [9.17, 15) is 0 Å². The van der Waals surface area contributed by atoms with E-state index in [4.69, 9.17) is 0 Å². The van der Waals surface area contributed by atoms with Crippen LogP contribution in [-0.2, 0) is 11.8 Å². The van der Waals surface area contributed by atoms with Crippen LogP contribution in [0.2, 0.25) is 0 Å². The molecule has 2 aliphatic rings. The van der Waals surface area contributed by atoms with Gasteiger partial charge in [0.2, 0.25) is 0 Å². The average molecular weight is 916 g/mol. The van der Waals surface area contributed by atoms with Crippen LogP contribution in [-0.4, -0.2) is 6.85 Å². The number of unbranched alkanes of at least 4 members (excludes halogenated alkanes) is 1. The molecule has 0 atom stereocenters. The number of hydrogen-bond acceptors (Lipinski definition) is 3. The van der Waals surface area contributed by atoms with Gasteiger partial charge in [-0.3, -0.25) is 0 Å². The van der Waals surface area contributed by atoms with Crippen LogP contribution in [0.15, 0.2) is 224 Å². The predicted molar refractivity (Wildman–Crippen MR) is 305 cm³/mol. The standard InChI is InChI=1S/C67H58BN3/c1-6-7-19-47-28-34-55(35-29-47)69(54-25-15-10-16-26-54)57-38-40-61-63(45-57)70(62-41-31-51(42-46(62)2)48-20-11-8-12-21-48)64-44-52(49-22-13-9-14-23-49)43-60-59-39-30-50-24-17-18-27-58(50)66(59)71(68(61)65(60)64)56-36-32-53(33-37-56)67(3,4)5/h8-18,20-45H,6-7,19H2,1-5H3. The highest BCUT2D eigenvalue weighted by molar-refractivity contribution is 6.94. The number of anilines is 8. The Hall–Kier alpha value is -8.08. The van der Waals surface area contributed by atoms with Crippen LogP contribution in [0.3, 0.4) is 0 Å². The van der Waals surface area contributed by atoms with Gasteiger partial charge in [-0.1, -0.05) is 186 Å². The number of hydrogen-bond donors (Lipinski definition) is 0. The third-order valence-electron chi connectivity index (χ3n) is 14.9. The molecule has 344 valence electrons. The highest BCUT2D eigenvalue weighted by atomic mass is 15.2. The van der Waals surface area contributed by atoms with Crippen molar-refractivity contribution >= 4 is 74.0 Å². The zero-order valence-corrected chi connectivity index (χ0v) is 41.4. The number of para-hydroxylation sites is 1. The Kier molecular flexibility index (Phi) is 11.2. The van der Waals surface area contributed by atoms with Crippen LogP contribution in [0.25, 0.3) is 44.2 Å². The third-order valence-corrected chi connectivity index (χ3v) is 14.9. The number of aryl methyl sites for hydroxylation is 2. The second-order valence-corrected chi connectivity index (χ2v) is 20.5. The maximum absolute atomic E-state index is 2.67. The largest absolute Gasteiger partial charge is 0.376 e. The Labute approximate surface area is 420 Å². The van der Waals surface area contributed by atoms with Crippen molar-refractivity contribution in [2.45, 2.75) is 59.3 Å². The van der Waals surface area contributed by atoms with Crippen molar-refractivity contribution in [2.24, 2.45) is 0 Å². The van der Waals surface area contributed by atoms with Crippen molar-refractivity contribution in [3.8, 4) is 33.4 Å². The molecule has 0 amide bonds. The molecular formula is C67H58BN3. The van der Waals surface area contributed by atoms with Crippen molar-refractivity contribution in [1.29, 1.82) is 0 Å². The molecule has 0 fully saturated rings. The maximum Gasteiger partial charge on any atom is 0.333 e. The lowest BCUT2D eigenvalue weighted by Gasteiger charge is -2.47. The van der Waals surface area contributed by atoms with Gasteiger partial charge in [-0.15, -0.1) is 0 Å². The van der Waals surface area contributed by atoms with Crippen molar-refractivity contribution < 1.29 is 0 Å². The summed E-state index contributed by atoms with van der Waals surface area (Å²) in [5.41, 5.74) is 23.1. The van der Waals surface area contributed by atoms with Gasteiger partial charge in [0.05, 0.1) is 0 Å². The smallest absolute Gasteiger partial charge is 0.333 e. The van der Waals surface area contributed by atoms with Crippen LogP contribution >= 0.6 is 0 Å². The van der Waals surface area contributed by atoms with E-state index in [0.717, 1.165) is 34.9 Å². The lowest BCUT2D eigenvalue weighted by molar-refractivity contribution is 0.590. The van der Waals surface area contributed by atoms with E-state index in [1.165, 1.54) is 102 Å². The fourth-order valence-corrected chi connectivity index (χ4v) is 11.2. The lowest BCUT2D eigenvalue weighted by atomic mass is 9.43. The van der Waals surface area contributed by atoms with Gasteiger partial charge in [-0.25, -0.2) is 0 Å². The van der Waals surface area contributed by atoms with Crippen LogP contribution in [0.1, 0.15) is 57.2 Å². The zero-order valence-electron chi connectivity index (χ0n) is 41.4. The molecule has 10 aromatic rings. The molecule has 12 rings (SSSR count). The van der Waals surface area contributed by atoms with E-state index >= 15 is 0 Å². The van der Waals surface area contributed by atoms with E-state index in [0.29, 0.717) is 0 Å². The summed E-state index contributed by atoms with van der Waals surface area (Å²) in [6.45, 7) is 11.3. The molecule has 4 heteroatoms. The van der Waals surface area contributed by atoms with Gasteiger partial charge in [0.25, 0.3) is 0 Å². The molecule has 3 nitrogen and oxygen atoms in total. The van der Waals surface area contributed by atoms with Crippen LogP contribution in [0, 0.1) is 6.92 Å². The molecule has 0 unspecified atom stereocenters. The number of rotatable bonds is 10. The normalized spacial score (nSPS) is 12.7. The number of benzene rings is 10. The van der Waals surface area contributed by atoms with Gasteiger partial charge < -0.3 is 14.6 Å². The van der Waals surface area contributed by atoms with Crippen LogP contribution < -0.4 is 25.5 Å². The second kappa shape index (κ2) is 18.0. The van der Waals surface area contributed by atoms with Gasteiger partial charge >= 0.3 is 6.85 Å². The first-order valence-corrected chi connectivity index (χ1v) is 25.4. The molecule has 0 bridgehead atoms. The molecule has 0 N–H and O–H groups in total. The van der Waals surface area contributed by atoms with E-state index in [1.54, 1.807) is 0 Å². The van der Waals surface area contributed by atoms with E-state index < -0.39 is 0 Å². The summed E-state index contributed by atoms with van der Waals surface area (Å²) < 4.78 is 0. The summed E-state index contributed by atoms with van der Waals surface area (Å²) in [6.07, 6.45) is 3.44. The maximum atomic E-state index is 2.67. The minimum absolute atomic E-state index is 0.0152. The topological polar surface area (TPSA) is 9.72 Å². The Balaban J connectivity index is 1.17. The molecule has 0 saturated heterocycles. The third kappa shape index (κ3) is 7.89. The summed E-state index contributed by atoms with van der Waals surface area (Å²) in [4.78, 5) is 7.69. The molecule has 0 radical (unpaired) electrons. The monoisotopic (exact) mass is 915 g/mol. The molecule has 0 aromatic heterocycles. The quantitative estimate of drug-likeness (QED) is 0.127. The molecule has 2 heterocycles. The SMILES string of the molecule is CCCCc1ccc(N(c2ccccc2)c2ccc3c(c2)N(c2ccc(-c4ccccc4)cc2C)c2cc(-c4ccccc4)cc4c2B3N(c2ccc(C(C)(C)C)cc2)c2c-4ccc3ccccc23)cc1. The average Bonchev–Trinajstić information content (AvgIpc) is 3.41. The van der Waals surface area contributed by atoms with Gasteiger partial charge in [0.1, 0.15) is 0 Å². The Bertz CT molecular complexity index is 3560. The summed E-state index contributed by atoms with van der Waals surface area (Å²) >= 11 is 0. The van der Waals surface area contributed by atoms with Crippen molar-refractivity contribution in [3.05, 3.63) is 241 Å². The summed E-state index contributed by atoms with van der Waals surface area (Å²) in [7, 11) is 0. The van der Waals surface area contributed by atoms with E-state index in [-0.39, 0.29) is 12.3 Å². The minimum Gasteiger partial charge on any atom is -0.376 e. The fourth-order valence-electron chi connectivity index (χ4n) is 11.2.